The first-order chi connectivity index (χ1) is 39.8. The largest absolute Gasteiger partial charge is 0.432 e. The van der Waals surface area contributed by atoms with E-state index in [1.165, 1.54) is 12.5 Å². The molecule has 5 saturated heterocycles. The summed E-state index contributed by atoms with van der Waals surface area (Å²) >= 11 is 0. The zero-order valence-electron chi connectivity index (χ0n) is 49.8. The summed E-state index contributed by atoms with van der Waals surface area (Å²) in [6, 6.07) is 0. The first-order valence-corrected chi connectivity index (χ1v) is 30.6. The van der Waals surface area contributed by atoms with Crippen LogP contribution in [0.1, 0.15) is 120 Å². The van der Waals surface area contributed by atoms with Crippen molar-refractivity contribution in [1.29, 1.82) is 0 Å². The highest BCUT2D eigenvalue weighted by Crippen LogP contribution is 2.76. The Kier molecular flexibility index (Phi) is 19.0. The molecule has 10 rings (SSSR count). The first-order valence-electron chi connectivity index (χ1n) is 30.6. The molecule has 15 N–H and O–H groups in total. The second kappa shape index (κ2) is 24.4. The minimum Gasteiger partial charge on any atom is -0.432 e. The number of hydrogen-bond donors (Lipinski definition) is 15. The zero-order chi connectivity index (χ0) is 62.0. The summed E-state index contributed by atoms with van der Waals surface area (Å²) in [4.78, 5) is 15.2. The van der Waals surface area contributed by atoms with Crippen molar-refractivity contribution in [3.05, 3.63) is 11.6 Å². The number of allylic oxidation sites excluding steroid dienone is 2. The van der Waals surface area contributed by atoms with E-state index in [1.807, 2.05) is 0 Å². The van der Waals surface area contributed by atoms with Crippen LogP contribution >= 0.6 is 0 Å². The van der Waals surface area contributed by atoms with E-state index in [4.69, 9.17) is 47.4 Å². The lowest BCUT2D eigenvalue weighted by Crippen LogP contribution is -2.66. The Morgan fingerprint density at radius 2 is 1.13 bits per heavy atom. The fraction of sp³-hybridized carbons (Fsp3) is 0.949. The molecule has 26 nitrogen and oxygen atoms in total. The van der Waals surface area contributed by atoms with Crippen molar-refractivity contribution < 1.29 is 129 Å². The van der Waals surface area contributed by atoms with Crippen molar-refractivity contribution in [2.45, 2.75) is 273 Å². The molecule has 4 saturated carbocycles. The molecular formula is C59H96O26. The maximum Gasteiger partial charge on any atom is 0.315 e. The van der Waals surface area contributed by atoms with Gasteiger partial charge in [0.25, 0.3) is 0 Å². The quantitative estimate of drug-likeness (QED) is 0.0513. The lowest BCUT2D eigenvalue weighted by atomic mass is 9.33. The number of aliphatic hydroxyl groups excluding tert-OH is 15. The van der Waals surface area contributed by atoms with Crippen molar-refractivity contribution in [3.8, 4) is 0 Å². The van der Waals surface area contributed by atoms with Crippen molar-refractivity contribution >= 4 is 5.97 Å². The highest BCUT2D eigenvalue weighted by molar-refractivity contribution is 5.79. The van der Waals surface area contributed by atoms with Gasteiger partial charge in [0, 0.05) is 0 Å². The number of hydrogen-bond acceptors (Lipinski definition) is 26. The van der Waals surface area contributed by atoms with Crippen molar-refractivity contribution in [3.63, 3.8) is 0 Å². The van der Waals surface area contributed by atoms with Gasteiger partial charge in [-0.1, -0.05) is 60.1 Å². The third kappa shape index (κ3) is 11.2. The molecule has 85 heavy (non-hydrogen) atoms. The Morgan fingerprint density at radius 1 is 0.553 bits per heavy atom. The summed E-state index contributed by atoms with van der Waals surface area (Å²) in [6.45, 7) is 15.0. The van der Waals surface area contributed by atoms with Crippen LogP contribution in [0.15, 0.2) is 11.6 Å². The molecule has 0 amide bonds. The summed E-state index contributed by atoms with van der Waals surface area (Å²) < 4.78 is 59.0. The second-order valence-corrected chi connectivity index (χ2v) is 28.7. The van der Waals surface area contributed by atoms with Crippen molar-refractivity contribution in [1.82, 2.24) is 0 Å². The monoisotopic (exact) mass is 1220 g/mol. The molecule has 488 valence electrons. The number of ether oxygens (including phenoxy) is 10. The van der Waals surface area contributed by atoms with Gasteiger partial charge in [-0.3, -0.25) is 4.79 Å². The van der Waals surface area contributed by atoms with E-state index in [9.17, 15) is 76.6 Å². The molecule has 0 aromatic carbocycles. The number of aliphatic hydroxyl groups is 15. The normalized spacial score (nSPS) is 54.1. The molecule has 32 atom stereocenters. The van der Waals surface area contributed by atoms with Crippen LogP contribution in [0.3, 0.4) is 0 Å². The van der Waals surface area contributed by atoms with Crippen molar-refractivity contribution in [2.75, 3.05) is 26.4 Å². The van der Waals surface area contributed by atoms with Gasteiger partial charge >= 0.3 is 5.97 Å². The van der Waals surface area contributed by atoms with Crippen LogP contribution in [-0.4, -0.2) is 263 Å². The van der Waals surface area contributed by atoms with Crippen LogP contribution < -0.4 is 0 Å². The smallest absolute Gasteiger partial charge is 0.315 e. The molecule has 0 aromatic rings. The van der Waals surface area contributed by atoms with Crippen LogP contribution in [0.4, 0.5) is 0 Å². The average Bonchev–Trinajstić information content (AvgIpc) is 0.725. The number of fused-ring (bicyclic) bond motifs is 7. The van der Waals surface area contributed by atoms with Gasteiger partial charge in [0.15, 0.2) is 25.2 Å². The summed E-state index contributed by atoms with van der Waals surface area (Å²) in [5, 5.41) is 161. The molecule has 5 aliphatic carbocycles. The fourth-order valence-electron chi connectivity index (χ4n) is 17.6. The minimum absolute atomic E-state index is 0.156. The van der Waals surface area contributed by atoms with Gasteiger partial charge < -0.3 is 124 Å². The summed E-state index contributed by atoms with van der Waals surface area (Å²) in [5.41, 5.74) is -1.17. The molecule has 5 heterocycles. The van der Waals surface area contributed by atoms with Gasteiger partial charge in [0.2, 0.25) is 6.29 Å². The molecule has 0 radical (unpaired) electrons. The molecule has 26 heteroatoms. The third-order valence-corrected chi connectivity index (χ3v) is 23.1. The summed E-state index contributed by atoms with van der Waals surface area (Å²) in [7, 11) is 0. The Bertz CT molecular complexity index is 2360. The van der Waals surface area contributed by atoms with Crippen LogP contribution in [-0.2, 0) is 52.2 Å². The van der Waals surface area contributed by atoms with Crippen molar-refractivity contribution in [2.24, 2.45) is 50.2 Å². The second-order valence-electron chi connectivity index (χ2n) is 28.7. The van der Waals surface area contributed by atoms with Gasteiger partial charge in [0.1, 0.15) is 110 Å². The van der Waals surface area contributed by atoms with E-state index >= 15 is 4.79 Å². The number of esters is 1. The molecule has 0 spiro atoms. The molecule has 9 fully saturated rings. The molecule has 10 aliphatic rings. The third-order valence-electron chi connectivity index (χ3n) is 23.1. The van der Waals surface area contributed by atoms with E-state index in [-0.39, 0.29) is 46.0 Å². The average molecular weight is 1220 g/mol. The predicted octanol–water partition coefficient (Wildman–Crippen LogP) is -2.54. The Morgan fingerprint density at radius 3 is 1.80 bits per heavy atom. The number of carbonyl (C=O) groups is 1. The minimum atomic E-state index is -1.89. The Balaban J connectivity index is 0.812. The Hall–Kier alpha value is -1.75. The topological polar surface area (TPSA) is 413 Å². The number of carbonyl (C=O) groups excluding carboxylic acids is 1. The lowest BCUT2D eigenvalue weighted by molar-refractivity contribution is -0.361. The van der Waals surface area contributed by atoms with E-state index in [0.29, 0.717) is 38.5 Å². The maximum absolute atomic E-state index is 15.2. The fourth-order valence-corrected chi connectivity index (χ4v) is 17.6. The molecule has 0 unspecified atom stereocenters. The van der Waals surface area contributed by atoms with Gasteiger partial charge in [-0.05, 0) is 116 Å². The zero-order valence-corrected chi connectivity index (χ0v) is 49.8. The van der Waals surface area contributed by atoms with E-state index in [2.05, 4.69) is 54.5 Å². The first kappa shape index (κ1) is 66.2. The van der Waals surface area contributed by atoms with Gasteiger partial charge in [-0.25, -0.2) is 0 Å². The van der Waals surface area contributed by atoms with E-state index in [1.54, 1.807) is 0 Å². The van der Waals surface area contributed by atoms with Gasteiger partial charge in [0.05, 0.1) is 44.1 Å². The SMILES string of the molecule is C[C@@H]1O[C@@H](O[C@H]2[C@H](O)[C@@H](O)[C@H](OC[C@H]3O[C@@H](OC(=O)[C@]45CCC(C)(C)C[C@H]4C4=CC[C@@H]6[C@@]7(C)CC[C@H](O[C@@H]8OC[C@H](O)[C@H](O[C@@H]9O[C@H](CO)[C@@H](O)[C@H](O)[C@H]9O)[C@H]8O)C(C)(C)[C@@H]7CC[C@@]6(C)[C@]4(C)CC5)[C@H](O)[C@@H](O)[C@@H]3O)O[C@@H]2CO)[C@H](O)[C@H](O)[C@H]1O. The van der Waals surface area contributed by atoms with Crippen LogP contribution in [0.5, 0.6) is 0 Å². The van der Waals surface area contributed by atoms with Gasteiger partial charge in [-0.2, -0.15) is 0 Å². The standard InChI is InChI=1S/C59H96O26/c1-24-34(63)37(66)41(70)50(78-24)84-47-29(21-61)80-48(44(73)40(47)69)77-23-30-36(65)39(68)43(72)52(81-30)85-53(75)59-17-15-54(2,3)19-26(59)25-9-10-32-56(6)13-12-33(55(4,5)31(56)11-14-58(32,8)57(25,7)16-18-59)82-49-45(74)46(27(62)22-76-49)83-51-42(71)38(67)35(64)28(20-60)79-51/h9,24,26-52,60-74H,10-23H2,1-8H3/t24-,26-,27-,28+,29+,30+,31-,32+,33-,34-,35+,36+,37+,38-,39-,40+,41+,42+,43+,44+,45+,46-,47+,48+,49-,50-,51-,52-,56-,57+,58+,59-/m0/s1. The lowest BCUT2D eigenvalue weighted by Gasteiger charge is -2.71. The summed E-state index contributed by atoms with van der Waals surface area (Å²) in [6.07, 6.45) is -29.3. The Labute approximate surface area is 494 Å². The highest BCUT2D eigenvalue weighted by atomic mass is 16.8. The van der Waals surface area contributed by atoms with Crippen LogP contribution in [0.2, 0.25) is 0 Å². The maximum atomic E-state index is 15.2. The van der Waals surface area contributed by atoms with Crippen LogP contribution in [0.25, 0.3) is 0 Å². The molecule has 5 aliphatic heterocycles. The molecule has 0 aromatic heterocycles. The van der Waals surface area contributed by atoms with Crippen LogP contribution in [0, 0.1) is 50.2 Å². The van der Waals surface area contributed by atoms with E-state index < -0.39 is 190 Å². The number of rotatable bonds is 13. The molecule has 0 bridgehead atoms. The summed E-state index contributed by atoms with van der Waals surface area (Å²) in [5.74, 6) is -0.482. The highest BCUT2D eigenvalue weighted by Gasteiger charge is 2.70. The van der Waals surface area contributed by atoms with Gasteiger partial charge in [-0.15, -0.1) is 0 Å². The predicted molar refractivity (Wildman–Crippen MR) is 288 cm³/mol. The van der Waals surface area contributed by atoms with E-state index in [0.717, 1.165) is 25.7 Å². The molecular weight excluding hydrogens is 1120 g/mol.